The van der Waals surface area contributed by atoms with E-state index in [2.05, 4.69) is 18.8 Å². The molecule has 2 aliphatic heterocycles. The van der Waals surface area contributed by atoms with Gasteiger partial charge in [-0.2, -0.15) is 4.31 Å². The van der Waals surface area contributed by atoms with Gasteiger partial charge in [-0.3, -0.25) is 9.69 Å². The molecule has 1 atom stereocenters. The fraction of sp³-hybridized carbons (Fsp3) is 0.619. The molecular weight excluding hydrogens is 399 g/mol. The minimum atomic E-state index is -3.54. The lowest BCUT2D eigenvalue weighted by Gasteiger charge is -2.34. The predicted octanol–water partition coefficient (Wildman–Crippen LogP) is 1.43. The zero-order valence-corrected chi connectivity index (χ0v) is 19.2. The van der Waals surface area contributed by atoms with Crippen molar-refractivity contribution >= 4 is 34.6 Å². The summed E-state index contributed by atoms with van der Waals surface area (Å²) in [5.41, 5.74) is 6.02. The summed E-state index contributed by atoms with van der Waals surface area (Å²) in [5.74, 6) is 0.775. The van der Waals surface area contributed by atoms with Gasteiger partial charge in [-0.15, -0.1) is 0 Å². The predicted molar refractivity (Wildman–Crippen MR) is 120 cm³/mol. The number of carbonyl (C=O) groups is 1. The molecule has 1 fully saturated rings. The molecule has 1 aromatic carbocycles. The van der Waals surface area contributed by atoms with Gasteiger partial charge >= 0.3 is 0 Å². The Morgan fingerprint density at radius 2 is 1.90 bits per heavy atom. The lowest BCUT2D eigenvalue weighted by atomic mass is 9.73. The average molecular weight is 431 g/mol. The number of sulfonamides is 1. The molecule has 3 rings (SSSR count). The van der Waals surface area contributed by atoms with E-state index >= 15 is 0 Å². The summed E-state index contributed by atoms with van der Waals surface area (Å²) in [5, 5.41) is 0. The standard InChI is InChI=1S/C21H32BN4O3S/c1-15(2)13-21(3)19(27)26(20(23)24-21)14-16-9-11-25(12-10-16)30(28,29)18-8-6-5-7-17(18)22-4/h5-8,15-16H,9-14H2,1-4H3,(H2,23,24). The number of guanidine groups is 1. The number of hydrogen-bond donors (Lipinski definition) is 1. The first-order valence-electron chi connectivity index (χ1n) is 10.6. The van der Waals surface area contributed by atoms with Crippen LogP contribution in [0.1, 0.15) is 40.0 Å². The van der Waals surface area contributed by atoms with Gasteiger partial charge in [-0.25, -0.2) is 13.4 Å². The highest BCUT2D eigenvalue weighted by Gasteiger charge is 2.45. The molecule has 9 heteroatoms. The normalized spacial score (nSPS) is 23.8. The van der Waals surface area contributed by atoms with Crippen LogP contribution in [0.3, 0.4) is 0 Å². The van der Waals surface area contributed by atoms with Crippen LogP contribution < -0.4 is 11.2 Å². The molecule has 2 N–H and O–H groups in total. The van der Waals surface area contributed by atoms with E-state index in [-0.39, 0.29) is 17.8 Å². The van der Waals surface area contributed by atoms with Crippen molar-refractivity contribution in [3.63, 3.8) is 0 Å². The number of nitrogens with two attached hydrogens (primary N) is 1. The van der Waals surface area contributed by atoms with E-state index in [1.165, 1.54) is 0 Å². The SMILES string of the molecule is C[B]c1ccccc1S(=O)(=O)N1CCC(CN2C(=O)C(C)(CC(C)C)N=C2N)CC1. The van der Waals surface area contributed by atoms with Crippen molar-refractivity contribution in [2.75, 3.05) is 19.6 Å². The van der Waals surface area contributed by atoms with Crippen molar-refractivity contribution in [1.82, 2.24) is 9.21 Å². The molecule has 1 amide bonds. The molecule has 0 spiro atoms. The summed E-state index contributed by atoms with van der Waals surface area (Å²) in [6, 6.07) is 7.07. The first-order valence-corrected chi connectivity index (χ1v) is 12.1. The van der Waals surface area contributed by atoms with Crippen LogP contribution in [0.4, 0.5) is 0 Å². The molecule has 7 nitrogen and oxygen atoms in total. The minimum absolute atomic E-state index is 0.0452. The van der Waals surface area contributed by atoms with Crippen molar-refractivity contribution < 1.29 is 13.2 Å². The molecule has 0 saturated carbocycles. The molecule has 30 heavy (non-hydrogen) atoms. The zero-order valence-electron chi connectivity index (χ0n) is 18.3. The lowest BCUT2D eigenvalue weighted by Crippen LogP contribution is -2.48. The van der Waals surface area contributed by atoms with Crippen LogP contribution in [0.5, 0.6) is 0 Å². The highest BCUT2D eigenvalue weighted by molar-refractivity contribution is 7.89. The first kappa shape index (κ1) is 22.8. The van der Waals surface area contributed by atoms with Crippen molar-refractivity contribution in [2.24, 2.45) is 22.6 Å². The number of aliphatic imine (C=N–C) groups is 1. The van der Waals surface area contributed by atoms with Crippen LogP contribution in [0, 0.1) is 11.8 Å². The number of piperidine rings is 1. The molecule has 2 heterocycles. The molecule has 1 unspecified atom stereocenters. The number of nitrogens with zero attached hydrogens (tertiary/aromatic N) is 3. The third kappa shape index (κ3) is 4.42. The van der Waals surface area contributed by atoms with E-state index in [4.69, 9.17) is 5.73 Å². The van der Waals surface area contributed by atoms with Crippen LogP contribution in [-0.2, 0) is 14.8 Å². The third-order valence-corrected chi connectivity index (χ3v) is 7.98. The van der Waals surface area contributed by atoms with Crippen LogP contribution in [0.2, 0.25) is 6.82 Å². The van der Waals surface area contributed by atoms with E-state index in [1.807, 2.05) is 33.2 Å². The van der Waals surface area contributed by atoms with Gasteiger partial charge < -0.3 is 5.73 Å². The molecule has 163 valence electrons. The van der Waals surface area contributed by atoms with Crippen molar-refractivity contribution in [1.29, 1.82) is 0 Å². The summed E-state index contributed by atoms with van der Waals surface area (Å²) in [7, 11) is -1.72. The van der Waals surface area contributed by atoms with Gasteiger partial charge in [0.2, 0.25) is 10.0 Å². The number of hydrogen-bond acceptors (Lipinski definition) is 5. The number of amides is 1. The highest BCUT2D eigenvalue weighted by atomic mass is 32.2. The zero-order chi connectivity index (χ0) is 22.1. The van der Waals surface area contributed by atoms with Gasteiger partial charge in [0.15, 0.2) is 5.96 Å². The maximum atomic E-state index is 13.1. The number of carbonyl (C=O) groups excluding carboxylic acids is 1. The maximum absolute atomic E-state index is 13.1. The monoisotopic (exact) mass is 431 g/mol. The fourth-order valence-corrected chi connectivity index (χ4v) is 6.25. The molecule has 1 radical (unpaired) electrons. The van der Waals surface area contributed by atoms with Crippen molar-refractivity contribution in [3.05, 3.63) is 24.3 Å². The van der Waals surface area contributed by atoms with Gasteiger partial charge in [0.25, 0.3) is 5.91 Å². The number of rotatable bonds is 7. The Balaban J connectivity index is 1.64. The van der Waals surface area contributed by atoms with E-state index in [0.717, 1.165) is 5.46 Å². The number of benzene rings is 1. The smallest absolute Gasteiger partial charge is 0.257 e. The lowest BCUT2D eigenvalue weighted by molar-refractivity contribution is -0.131. The van der Waals surface area contributed by atoms with Crippen LogP contribution >= 0.6 is 0 Å². The maximum Gasteiger partial charge on any atom is 0.257 e. The topological polar surface area (TPSA) is 96.1 Å². The van der Waals surface area contributed by atoms with E-state index in [0.29, 0.717) is 49.7 Å². The van der Waals surface area contributed by atoms with Crippen molar-refractivity contribution in [3.8, 4) is 0 Å². The summed E-state index contributed by atoms with van der Waals surface area (Å²) < 4.78 is 27.8. The summed E-state index contributed by atoms with van der Waals surface area (Å²) in [4.78, 5) is 19.4. The second kappa shape index (κ2) is 8.71. The molecule has 1 aromatic rings. The van der Waals surface area contributed by atoms with Crippen LogP contribution in [-0.4, -0.2) is 61.9 Å². The Labute approximate surface area is 181 Å². The van der Waals surface area contributed by atoms with Crippen LogP contribution in [0.15, 0.2) is 34.2 Å². The molecule has 2 aliphatic rings. The van der Waals surface area contributed by atoms with Crippen molar-refractivity contribution in [2.45, 2.75) is 57.3 Å². The van der Waals surface area contributed by atoms with Gasteiger partial charge in [0.1, 0.15) is 12.8 Å². The van der Waals surface area contributed by atoms with Crippen LogP contribution in [0.25, 0.3) is 0 Å². The van der Waals surface area contributed by atoms with Gasteiger partial charge in [0, 0.05) is 19.6 Å². The Kier molecular flexibility index (Phi) is 6.62. The molecule has 0 aliphatic carbocycles. The first-order chi connectivity index (χ1) is 14.1. The quantitative estimate of drug-likeness (QED) is 0.661. The van der Waals surface area contributed by atoms with Gasteiger partial charge in [-0.1, -0.05) is 44.3 Å². The minimum Gasteiger partial charge on any atom is -0.369 e. The molecular formula is C21H32BN4O3S. The van der Waals surface area contributed by atoms with Gasteiger partial charge in [-0.05, 0) is 44.1 Å². The molecule has 0 bridgehead atoms. The second-order valence-electron chi connectivity index (χ2n) is 8.93. The Morgan fingerprint density at radius 3 is 2.50 bits per heavy atom. The Bertz CT molecular complexity index is 926. The van der Waals surface area contributed by atoms with Gasteiger partial charge in [0.05, 0.1) is 4.90 Å². The third-order valence-electron chi connectivity index (χ3n) is 6.01. The average Bonchev–Trinajstić information content (AvgIpc) is 2.90. The van der Waals surface area contributed by atoms with E-state index < -0.39 is 15.6 Å². The summed E-state index contributed by atoms with van der Waals surface area (Å²) in [6.45, 7) is 9.19. The van der Waals surface area contributed by atoms with E-state index in [1.54, 1.807) is 21.3 Å². The molecule has 1 saturated heterocycles. The Hall–Kier alpha value is -1.87. The Morgan fingerprint density at radius 1 is 1.27 bits per heavy atom. The largest absolute Gasteiger partial charge is 0.369 e. The fourth-order valence-electron chi connectivity index (χ4n) is 4.54. The van der Waals surface area contributed by atoms with E-state index in [9.17, 15) is 13.2 Å². The summed E-state index contributed by atoms with van der Waals surface area (Å²) >= 11 is 0. The highest BCUT2D eigenvalue weighted by Crippen LogP contribution is 2.31. The molecule has 0 aromatic heterocycles. The summed E-state index contributed by atoms with van der Waals surface area (Å²) in [6.07, 6.45) is 2.04. The second-order valence-corrected chi connectivity index (χ2v) is 10.8.